The van der Waals surface area contributed by atoms with Crippen molar-refractivity contribution in [2.24, 2.45) is 0 Å². The Bertz CT molecular complexity index is 760. The highest BCUT2D eigenvalue weighted by Gasteiger charge is 2.20. The first-order valence-corrected chi connectivity index (χ1v) is 8.76. The largest absolute Gasteiger partial charge is 0.378 e. The van der Waals surface area contributed by atoms with E-state index in [2.05, 4.69) is 52.4 Å². The van der Waals surface area contributed by atoms with Crippen LogP contribution in [0.5, 0.6) is 0 Å². The number of nitrogens with one attached hydrogen (secondary N) is 1. The van der Waals surface area contributed by atoms with Crippen LogP contribution >= 0.6 is 0 Å². The average Bonchev–Trinajstić information content (AvgIpc) is 2.66. The zero-order valence-electron chi connectivity index (χ0n) is 15.9. The van der Waals surface area contributed by atoms with Gasteiger partial charge in [-0.3, -0.25) is 9.69 Å². The smallest absolute Gasteiger partial charge is 0.241 e. The second kappa shape index (κ2) is 9.02. The maximum Gasteiger partial charge on any atom is 0.241 e. The number of anilines is 2. The van der Waals surface area contributed by atoms with Gasteiger partial charge in [0, 0.05) is 32.0 Å². The Balaban J connectivity index is 2.00. The molecule has 0 radical (unpaired) electrons. The lowest BCUT2D eigenvalue weighted by Gasteiger charge is -2.27. The van der Waals surface area contributed by atoms with Crippen LogP contribution in [0.25, 0.3) is 0 Å². The van der Waals surface area contributed by atoms with E-state index in [1.807, 2.05) is 21.0 Å². The molecule has 1 N–H and O–H groups in total. The normalized spacial score (nSPS) is 11.7. The summed E-state index contributed by atoms with van der Waals surface area (Å²) in [7, 11) is 4.03. The van der Waals surface area contributed by atoms with Crippen molar-refractivity contribution in [3.8, 4) is 6.07 Å². The highest BCUT2D eigenvalue weighted by molar-refractivity contribution is 5.94. The molecule has 0 saturated heterocycles. The average molecular weight is 350 g/mol. The first-order valence-electron chi connectivity index (χ1n) is 8.76. The van der Waals surface area contributed by atoms with Crippen LogP contribution < -0.4 is 10.2 Å². The summed E-state index contributed by atoms with van der Waals surface area (Å²) in [5, 5.41) is 11.8. The molecule has 2 aromatic carbocycles. The van der Waals surface area contributed by atoms with Crippen LogP contribution in [-0.2, 0) is 11.3 Å². The predicted molar refractivity (Wildman–Crippen MR) is 106 cm³/mol. The van der Waals surface area contributed by atoms with E-state index < -0.39 is 0 Å². The highest BCUT2D eigenvalue weighted by Crippen LogP contribution is 2.16. The molecule has 0 saturated carbocycles. The second-order valence-electron chi connectivity index (χ2n) is 6.48. The van der Waals surface area contributed by atoms with E-state index in [1.54, 1.807) is 24.3 Å². The third-order valence-corrected chi connectivity index (χ3v) is 4.45. The minimum absolute atomic E-state index is 0.0542. The van der Waals surface area contributed by atoms with E-state index in [-0.39, 0.29) is 11.9 Å². The summed E-state index contributed by atoms with van der Waals surface area (Å²) in [6, 6.07) is 17.1. The molecule has 0 spiro atoms. The molecular formula is C21H26N4O. The van der Waals surface area contributed by atoms with Crippen molar-refractivity contribution in [3.05, 3.63) is 59.7 Å². The van der Waals surface area contributed by atoms with Crippen molar-refractivity contribution in [2.75, 3.05) is 30.9 Å². The first-order chi connectivity index (χ1) is 12.4. The molecule has 0 aliphatic carbocycles. The Labute approximate surface area is 155 Å². The Kier molecular flexibility index (Phi) is 6.76. The van der Waals surface area contributed by atoms with Crippen LogP contribution in [0.15, 0.2) is 48.5 Å². The van der Waals surface area contributed by atoms with Crippen molar-refractivity contribution >= 4 is 17.3 Å². The molecule has 0 bridgehead atoms. The van der Waals surface area contributed by atoms with E-state index >= 15 is 0 Å². The molecule has 1 atom stereocenters. The molecule has 2 aromatic rings. The fourth-order valence-corrected chi connectivity index (χ4v) is 2.70. The first kappa shape index (κ1) is 19.5. The summed E-state index contributed by atoms with van der Waals surface area (Å²) in [6.07, 6.45) is 0. The zero-order valence-corrected chi connectivity index (χ0v) is 15.9. The maximum absolute atomic E-state index is 12.6. The summed E-state index contributed by atoms with van der Waals surface area (Å²) in [6.45, 7) is 5.46. The SMILES string of the molecule is CCN(Cc1ccc(N(C)C)cc1)[C@@H](C)C(=O)Nc1ccc(C#N)cc1. The topological polar surface area (TPSA) is 59.4 Å². The van der Waals surface area contributed by atoms with Gasteiger partial charge >= 0.3 is 0 Å². The Hall–Kier alpha value is -2.84. The van der Waals surface area contributed by atoms with Gasteiger partial charge in [0.25, 0.3) is 0 Å². The van der Waals surface area contributed by atoms with Crippen molar-refractivity contribution in [2.45, 2.75) is 26.4 Å². The number of amides is 1. The maximum atomic E-state index is 12.6. The second-order valence-corrected chi connectivity index (χ2v) is 6.48. The molecule has 1 amide bonds. The zero-order chi connectivity index (χ0) is 19.1. The molecule has 5 heteroatoms. The van der Waals surface area contributed by atoms with Crippen LogP contribution in [0, 0.1) is 11.3 Å². The van der Waals surface area contributed by atoms with E-state index in [0.29, 0.717) is 17.8 Å². The fraction of sp³-hybridized carbons (Fsp3) is 0.333. The Morgan fingerprint density at radius 2 is 1.73 bits per heavy atom. The van der Waals surface area contributed by atoms with Crippen molar-refractivity contribution in [1.82, 2.24) is 4.90 Å². The molecule has 0 aliphatic rings. The number of rotatable bonds is 7. The van der Waals surface area contributed by atoms with E-state index in [9.17, 15) is 4.79 Å². The van der Waals surface area contributed by atoms with E-state index in [4.69, 9.17) is 5.26 Å². The van der Waals surface area contributed by atoms with Gasteiger partial charge in [-0.2, -0.15) is 5.26 Å². The van der Waals surface area contributed by atoms with Crippen molar-refractivity contribution in [1.29, 1.82) is 5.26 Å². The summed E-state index contributed by atoms with van der Waals surface area (Å²) in [5.74, 6) is -0.0542. The molecule has 136 valence electrons. The molecule has 26 heavy (non-hydrogen) atoms. The minimum atomic E-state index is -0.260. The van der Waals surface area contributed by atoms with Gasteiger partial charge in [-0.15, -0.1) is 0 Å². The molecule has 5 nitrogen and oxygen atoms in total. The number of hydrogen-bond acceptors (Lipinski definition) is 4. The molecule has 0 aliphatic heterocycles. The molecule has 0 fully saturated rings. The summed E-state index contributed by atoms with van der Waals surface area (Å²) in [4.78, 5) is 16.8. The van der Waals surface area contributed by atoms with Crippen LogP contribution in [0.3, 0.4) is 0 Å². The van der Waals surface area contributed by atoms with Crippen LogP contribution in [0.1, 0.15) is 25.0 Å². The number of carbonyl (C=O) groups excluding carboxylic acids is 1. The monoisotopic (exact) mass is 350 g/mol. The lowest BCUT2D eigenvalue weighted by molar-refractivity contribution is -0.120. The number of benzene rings is 2. The lowest BCUT2D eigenvalue weighted by atomic mass is 10.1. The van der Waals surface area contributed by atoms with E-state index in [0.717, 1.165) is 12.2 Å². The summed E-state index contributed by atoms with van der Waals surface area (Å²) >= 11 is 0. The molecule has 2 rings (SSSR count). The molecule has 0 heterocycles. The number of hydrogen-bond donors (Lipinski definition) is 1. The van der Waals surface area contributed by atoms with Crippen LogP contribution in [-0.4, -0.2) is 37.5 Å². The number of nitriles is 1. The predicted octanol–water partition coefficient (Wildman–Crippen LogP) is 3.47. The van der Waals surface area contributed by atoms with Gasteiger partial charge < -0.3 is 10.2 Å². The standard InChI is InChI=1S/C21H26N4O/c1-5-25(15-18-8-12-20(13-9-18)24(3)4)16(2)21(26)23-19-10-6-17(14-22)7-11-19/h6-13,16H,5,15H2,1-4H3,(H,23,26)/t16-/m0/s1. The molecule has 0 unspecified atom stereocenters. The summed E-state index contributed by atoms with van der Waals surface area (Å²) in [5.41, 5.74) is 3.61. The third kappa shape index (κ3) is 5.08. The van der Waals surface area contributed by atoms with E-state index in [1.165, 1.54) is 5.56 Å². The lowest BCUT2D eigenvalue weighted by Crippen LogP contribution is -2.41. The van der Waals surface area contributed by atoms with Crippen LogP contribution in [0.4, 0.5) is 11.4 Å². The minimum Gasteiger partial charge on any atom is -0.378 e. The van der Waals surface area contributed by atoms with Gasteiger partial charge in [-0.25, -0.2) is 0 Å². The fourth-order valence-electron chi connectivity index (χ4n) is 2.70. The highest BCUT2D eigenvalue weighted by atomic mass is 16.2. The number of carbonyl (C=O) groups is 1. The Morgan fingerprint density at radius 3 is 2.23 bits per heavy atom. The van der Waals surface area contributed by atoms with Gasteiger partial charge in [0.2, 0.25) is 5.91 Å². The molecule has 0 aromatic heterocycles. The van der Waals surface area contributed by atoms with Gasteiger partial charge in [-0.05, 0) is 55.4 Å². The quantitative estimate of drug-likeness (QED) is 0.831. The Morgan fingerprint density at radius 1 is 1.12 bits per heavy atom. The van der Waals surface area contributed by atoms with Gasteiger partial charge in [0.15, 0.2) is 0 Å². The number of likely N-dealkylation sites (N-methyl/N-ethyl adjacent to an activating group) is 1. The van der Waals surface area contributed by atoms with Crippen LogP contribution in [0.2, 0.25) is 0 Å². The summed E-state index contributed by atoms with van der Waals surface area (Å²) < 4.78 is 0. The van der Waals surface area contributed by atoms with Crippen molar-refractivity contribution < 1.29 is 4.79 Å². The van der Waals surface area contributed by atoms with Gasteiger partial charge in [0.05, 0.1) is 17.7 Å². The van der Waals surface area contributed by atoms with Gasteiger partial charge in [0.1, 0.15) is 0 Å². The number of nitrogens with zero attached hydrogens (tertiary/aromatic N) is 3. The van der Waals surface area contributed by atoms with Crippen molar-refractivity contribution in [3.63, 3.8) is 0 Å². The molecular weight excluding hydrogens is 324 g/mol. The van der Waals surface area contributed by atoms with Gasteiger partial charge in [-0.1, -0.05) is 19.1 Å². The third-order valence-electron chi connectivity index (χ3n) is 4.45.